The SMILES string of the molecule is COC(OC(C)C)N(C(C)=O)c1ccccc1Cl. The van der Waals surface area contributed by atoms with E-state index in [1.165, 1.54) is 18.9 Å². The predicted octanol–water partition coefficient (Wildman–Crippen LogP) is 3.05. The average Bonchev–Trinajstić information content (AvgIpc) is 2.29. The van der Waals surface area contributed by atoms with E-state index in [0.717, 1.165) is 0 Å². The largest absolute Gasteiger partial charge is 0.338 e. The van der Waals surface area contributed by atoms with Crippen LogP contribution in [0.3, 0.4) is 0 Å². The van der Waals surface area contributed by atoms with Crippen molar-refractivity contribution in [3.63, 3.8) is 0 Å². The van der Waals surface area contributed by atoms with E-state index in [4.69, 9.17) is 21.1 Å². The zero-order chi connectivity index (χ0) is 13.7. The monoisotopic (exact) mass is 271 g/mol. The molecule has 1 atom stereocenters. The molecule has 1 unspecified atom stereocenters. The van der Waals surface area contributed by atoms with Gasteiger partial charge >= 0.3 is 0 Å². The number of carbonyl (C=O) groups is 1. The van der Waals surface area contributed by atoms with Gasteiger partial charge in [0.2, 0.25) is 12.3 Å². The Hall–Kier alpha value is -1.10. The molecule has 1 aromatic carbocycles. The highest BCUT2D eigenvalue weighted by Gasteiger charge is 2.25. The Kier molecular flexibility index (Phi) is 5.59. The molecule has 0 saturated heterocycles. The molecule has 1 rings (SSSR count). The summed E-state index contributed by atoms with van der Waals surface area (Å²) in [5.41, 5.74) is 0.569. The third-order valence-corrected chi connectivity index (χ3v) is 2.57. The van der Waals surface area contributed by atoms with Crippen LogP contribution in [-0.2, 0) is 14.3 Å². The smallest absolute Gasteiger partial charge is 0.247 e. The van der Waals surface area contributed by atoms with Gasteiger partial charge in [0.15, 0.2) is 0 Å². The number of benzene rings is 1. The number of carbonyl (C=O) groups excluding carboxylic acids is 1. The second-order valence-electron chi connectivity index (χ2n) is 4.07. The van der Waals surface area contributed by atoms with Gasteiger partial charge in [-0.15, -0.1) is 0 Å². The summed E-state index contributed by atoms with van der Waals surface area (Å²) >= 11 is 6.10. The zero-order valence-corrected chi connectivity index (χ0v) is 11.8. The van der Waals surface area contributed by atoms with E-state index in [1.54, 1.807) is 24.3 Å². The van der Waals surface area contributed by atoms with Crippen molar-refractivity contribution in [3.05, 3.63) is 29.3 Å². The van der Waals surface area contributed by atoms with Gasteiger partial charge in [-0.25, -0.2) is 0 Å². The fourth-order valence-corrected chi connectivity index (χ4v) is 1.76. The van der Waals surface area contributed by atoms with Crippen molar-refractivity contribution < 1.29 is 14.3 Å². The lowest BCUT2D eigenvalue weighted by atomic mass is 10.3. The molecule has 1 aromatic rings. The number of halogens is 1. The van der Waals surface area contributed by atoms with E-state index in [0.29, 0.717) is 10.7 Å². The number of rotatable bonds is 5. The lowest BCUT2D eigenvalue weighted by Gasteiger charge is -2.31. The van der Waals surface area contributed by atoms with Gasteiger partial charge in [0.1, 0.15) is 0 Å². The van der Waals surface area contributed by atoms with E-state index >= 15 is 0 Å². The van der Waals surface area contributed by atoms with Crippen molar-refractivity contribution in [2.24, 2.45) is 0 Å². The van der Waals surface area contributed by atoms with Crippen LogP contribution in [-0.4, -0.2) is 25.5 Å². The molecule has 0 heterocycles. The predicted molar refractivity (Wildman–Crippen MR) is 71.6 cm³/mol. The minimum Gasteiger partial charge on any atom is -0.338 e. The highest BCUT2D eigenvalue weighted by molar-refractivity contribution is 6.33. The maximum absolute atomic E-state index is 11.8. The molecule has 4 nitrogen and oxygen atoms in total. The number of hydrogen-bond acceptors (Lipinski definition) is 3. The molecule has 5 heteroatoms. The van der Waals surface area contributed by atoms with E-state index in [9.17, 15) is 4.79 Å². The Morgan fingerprint density at radius 2 is 1.94 bits per heavy atom. The number of methoxy groups -OCH3 is 1. The summed E-state index contributed by atoms with van der Waals surface area (Å²) in [4.78, 5) is 13.2. The first-order valence-corrected chi connectivity index (χ1v) is 6.07. The molecule has 1 amide bonds. The van der Waals surface area contributed by atoms with Crippen LogP contribution < -0.4 is 4.90 Å². The second kappa shape index (κ2) is 6.73. The van der Waals surface area contributed by atoms with Crippen molar-refractivity contribution in [1.29, 1.82) is 0 Å². The summed E-state index contributed by atoms with van der Waals surface area (Å²) in [6.07, 6.45) is -0.860. The van der Waals surface area contributed by atoms with Crippen LogP contribution in [0, 0.1) is 0 Å². The second-order valence-corrected chi connectivity index (χ2v) is 4.48. The first kappa shape index (κ1) is 15.0. The van der Waals surface area contributed by atoms with Gasteiger partial charge in [0.05, 0.1) is 16.8 Å². The zero-order valence-electron chi connectivity index (χ0n) is 11.0. The number of ether oxygens (including phenoxy) is 2. The van der Waals surface area contributed by atoms with Gasteiger partial charge in [-0.2, -0.15) is 0 Å². The molecule has 0 aliphatic rings. The molecule has 0 bridgehead atoms. The van der Waals surface area contributed by atoms with Crippen molar-refractivity contribution in [2.75, 3.05) is 12.0 Å². The summed E-state index contributed by atoms with van der Waals surface area (Å²) in [5, 5.41) is 0.474. The van der Waals surface area contributed by atoms with Gasteiger partial charge < -0.3 is 9.47 Å². The molecule has 0 aromatic heterocycles. The van der Waals surface area contributed by atoms with Crippen LogP contribution in [0.15, 0.2) is 24.3 Å². The first-order valence-electron chi connectivity index (χ1n) is 5.70. The number of nitrogens with zero attached hydrogens (tertiary/aromatic N) is 1. The fraction of sp³-hybridized carbons (Fsp3) is 0.462. The number of hydrogen-bond donors (Lipinski definition) is 0. The molecular weight excluding hydrogens is 254 g/mol. The molecule has 0 radical (unpaired) electrons. The number of amides is 1. The Morgan fingerprint density at radius 3 is 2.39 bits per heavy atom. The normalized spacial score (nSPS) is 12.6. The van der Waals surface area contributed by atoms with Crippen LogP contribution in [0.5, 0.6) is 0 Å². The van der Waals surface area contributed by atoms with Crippen molar-refractivity contribution in [3.8, 4) is 0 Å². The Labute approximate surface area is 112 Å². The molecule has 0 aliphatic heterocycles. The van der Waals surface area contributed by atoms with Gasteiger partial charge in [-0.05, 0) is 26.0 Å². The van der Waals surface area contributed by atoms with Gasteiger partial charge in [-0.3, -0.25) is 9.69 Å². The minimum atomic E-state index is -0.789. The highest BCUT2D eigenvalue weighted by Crippen LogP contribution is 2.27. The Morgan fingerprint density at radius 1 is 1.33 bits per heavy atom. The van der Waals surface area contributed by atoms with Crippen LogP contribution >= 0.6 is 11.6 Å². The van der Waals surface area contributed by atoms with Crippen molar-refractivity contribution in [2.45, 2.75) is 33.3 Å². The molecule has 100 valence electrons. The summed E-state index contributed by atoms with van der Waals surface area (Å²) in [5.74, 6) is -0.199. The van der Waals surface area contributed by atoms with E-state index < -0.39 is 6.41 Å². The number of anilines is 1. The molecule has 0 aliphatic carbocycles. The third kappa shape index (κ3) is 3.70. The van der Waals surface area contributed by atoms with Crippen LogP contribution in [0.2, 0.25) is 5.02 Å². The highest BCUT2D eigenvalue weighted by atomic mass is 35.5. The van der Waals surface area contributed by atoms with Crippen LogP contribution in [0.25, 0.3) is 0 Å². The maximum Gasteiger partial charge on any atom is 0.247 e. The lowest BCUT2D eigenvalue weighted by molar-refractivity contribution is -0.155. The number of para-hydroxylation sites is 1. The van der Waals surface area contributed by atoms with Crippen molar-refractivity contribution >= 4 is 23.2 Å². The van der Waals surface area contributed by atoms with E-state index in [1.807, 2.05) is 13.8 Å². The van der Waals surface area contributed by atoms with Gasteiger partial charge in [-0.1, -0.05) is 23.7 Å². The maximum atomic E-state index is 11.8. The summed E-state index contributed by atoms with van der Waals surface area (Å²) in [6, 6.07) is 7.07. The van der Waals surface area contributed by atoms with E-state index in [-0.39, 0.29) is 12.0 Å². The Bertz CT molecular complexity index is 409. The molecule has 18 heavy (non-hydrogen) atoms. The summed E-state index contributed by atoms with van der Waals surface area (Å²) in [7, 11) is 1.49. The molecule has 0 N–H and O–H groups in total. The quantitative estimate of drug-likeness (QED) is 0.773. The molecule has 0 spiro atoms. The third-order valence-electron chi connectivity index (χ3n) is 2.25. The molecule has 0 fully saturated rings. The molecular formula is C13H18ClNO3. The van der Waals surface area contributed by atoms with Crippen LogP contribution in [0.4, 0.5) is 5.69 Å². The van der Waals surface area contributed by atoms with Gasteiger partial charge in [0, 0.05) is 14.0 Å². The first-order chi connectivity index (χ1) is 8.47. The fourth-order valence-electron chi connectivity index (χ4n) is 1.53. The molecule has 0 saturated carbocycles. The van der Waals surface area contributed by atoms with Gasteiger partial charge in [0.25, 0.3) is 0 Å². The summed E-state index contributed by atoms with van der Waals surface area (Å²) < 4.78 is 10.8. The summed E-state index contributed by atoms with van der Waals surface area (Å²) in [6.45, 7) is 5.19. The minimum absolute atomic E-state index is 0.0701. The standard InChI is InChI=1S/C13H18ClNO3/c1-9(2)18-13(17-4)15(10(3)16)12-8-6-5-7-11(12)14/h5-9,13H,1-4H3. The lowest BCUT2D eigenvalue weighted by Crippen LogP contribution is -2.43. The average molecular weight is 272 g/mol. The van der Waals surface area contributed by atoms with E-state index in [2.05, 4.69) is 0 Å². The Balaban J connectivity index is 3.09. The topological polar surface area (TPSA) is 38.8 Å². The van der Waals surface area contributed by atoms with Crippen LogP contribution in [0.1, 0.15) is 20.8 Å². The van der Waals surface area contributed by atoms with Crippen molar-refractivity contribution in [1.82, 2.24) is 0 Å².